The topological polar surface area (TPSA) is 92.7 Å². The Bertz CT molecular complexity index is 1210. The Hall–Kier alpha value is -3.56. The number of amides is 2. The van der Waals surface area contributed by atoms with Gasteiger partial charge in [0, 0.05) is 29.9 Å². The zero-order chi connectivity index (χ0) is 23.2. The van der Waals surface area contributed by atoms with Crippen LogP contribution in [0.1, 0.15) is 52.6 Å². The van der Waals surface area contributed by atoms with Gasteiger partial charge in [-0.15, -0.1) is 0 Å². The first kappa shape index (κ1) is 21.7. The summed E-state index contributed by atoms with van der Waals surface area (Å²) in [7, 11) is 0. The number of rotatable bonds is 5. The van der Waals surface area contributed by atoms with Gasteiger partial charge in [0.15, 0.2) is 0 Å². The lowest BCUT2D eigenvalue weighted by molar-refractivity contribution is 0.0222. The van der Waals surface area contributed by atoms with Crippen molar-refractivity contribution in [3.05, 3.63) is 65.2 Å². The van der Waals surface area contributed by atoms with Crippen LogP contribution in [-0.4, -0.2) is 39.9 Å². The second-order valence-corrected chi connectivity index (χ2v) is 8.20. The zero-order valence-corrected chi connectivity index (χ0v) is 17.5. The summed E-state index contributed by atoms with van der Waals surface area (Å²) in [5.74, 6) is -4.86. The second kappa shape index (κ2) is 7.85. The number of carbonyl (C=O) groups excluding carboxylic acids is 2. The number of alkyl halides is 2. The number of pyridine rings is 1. The maximum absolute atomic E-state index is 14.6. The lowest BCUT2D eigenvalue weighted by atomic mass is 9.96. The van der Waals surface area contributed by atoms with Crippen LogP contribution >= 0.6 is 0 Å². The number of hydrogen-bond donors (Lipinski definition) is 2. The first-order valence-corrected chi connectivity index (χ1v) is 10.1. The number of carbonyl (C=O) groups is 2. The van der Waals surface area contributed by atoms with Gasteiger partial charge in [0.25, 0.3) is 17.7 Å². The van der Waals surface area contributed by atoms with E-state index >= 15 is 0 Å². The minimum Gasteiger partial charge on any atom is -0.365 e. The zero-order valence-electron chi connectivity index (χ0n) is 17.5. The predicted molar refractivity (Wildman–Crippen MR) is 112 cm³/mol. The minimum absolute atomic E-state index is 0.135. The Morgan fingerprint density at radius 3 is 2.66 bits per heavy atom. The summed E-state index contributed by atoms with van der Waals surface area (Å²) in [5.41, 5.74) is 6.58. The van der Waals surface area contributed by atoms with E-state index in [4.69, 9.17) is 5.73 Å². The number of anilines is 1. The summed E-state index contributed by atoms with van der Waals surface area (Å²) in [6.07, 6.45) is 2.24. The van der Waals surface area contributed by atoms with Crippen molar-refractivity contribution in [3.8, 4) is 0 Å². The van der Waals surface area contributed by atoms with Gasteiger partial charge >= 0.3 is 0 Å². The fourth-order valence-electron chi connectivity index (χ4n) is 4.06. The summed E-state index contributed by atoms with van der Waals surface area (Å²) in [6, 6.07) is 5.53. The van der Waals surface area contributed by atoms with Gasteiger partial charge in [-0.05, 0) is 49.7 Å². The molecular weight excluding hydrogens is 423 g/mol. The second-order valence-electron chi connectivity index (χ2n) is 8.20. The molecular formula is C22H22F3N5O2. The van der Waals surface area contributed by atoms with E-state index in [0.29, 0.717) is 11.2 Å². The minimum atomic E-state index is -3.07. The van der Waals surface area contributed by atoms with E-state index in [9.17, 15) is 22.8 Å². The van der Waals surface area contributed by atoms with Crippen LogP contribution in [0.2, 0.25) is 0 Å². The van der Waals surface area contributed by atoms with E-state index in [1.807, 2.05) is 0 Å². The highest BCUT2D eigenvalue weighted by Gasteiger charge is 2.46. The summed E-state index contributed by atoms with van der Waals surface area (Å²) < 4.78 is 44.8. The molecule has 3 heterocycles. The monoisotopic (exact) mass is 445 g/mol. The fraction of sp³-hybridized carbons (Fsp3) is 0.318. The molecule has 10 heteroatoms. The Labute approximate surface area is 182 Å². The molecule has 1 fully saturated rings. The Morgan fingerprint density at radius 1 is 1.22 bits per heavy atom. The van der Waals surface area contributed by atoms with Crippen LogP contribution in [0.15, 0.2) is 42.7 Å². The maximum atomic E-state index is 14.6. The average Bonchev–Trinajstić information content (AvgIpc) is 3.27. The van der Waals surface area contributed by atoms with Crippen molar-refractivity contribution in [2.75, 3.05) is 11.4 Å². The number of nitrogens with zero attached hydrogens (tertiary/aromatic N) is 3. The highest BCUT2D eigenvalue weighted by atomic mass is 19.3. The van der Waals surface area contributed by atoms with Crippen molar-refractivity contribution >= 4 is 23.0 Å². The smallest absolute Gasteiger partial charge is 0.267 e. The van der Waals surface area contributed by atoms with Crippen LogP contribution in [0, 0.1) is 5.82 Å². The molecule has 0 aliphatic carbocycles. The number of halogens is 3. The number of nitrogens with two attached hydrogens (primary N) is 1. The molecule has 2 amide bonds. The molecule has 0 radical (unpaired) electrons. The SMILES string of the molecule is CC(C)NC(=O)c1ccc(F)cc1C1CC(F)(F)CN1c1ccn2ncc(C(N)=O)c2c1. The Balaban J connectivity index is 1.82. The van der Waals surface area contributed by atoms with E-state index in [1.165, 1.54) is 33.9 Å². The standard InChI is InChI=1S/C22H22F3N5O2/c1-12(2)28-21(32)15-4-3-13(23)7-16(15)19-9-22(24,25)11-29(19)14-5-6-30-18(8-14)17(10-27-30)20(26)31/h3-8,10,12,19H,9,11H2,1-2H3,(H2,26,31)(H,28,32). The van der Waals surface area contributed by atoms with Gasteiger partial charge in [0.2, 0.25) is 0 Å². The van der Waals surface area contributed by atoms with Crippen LogP contribution in [0.5, 0.6) is 0 Å². The van der Waals surface area contributed by atoms with Crippen LogP contribution in [0.4, 0.5) is 18.9 Å². The molecule has 3 aromatic rings. The number of hydrogen-bond acceptors (Lipinski definition) is 4. The molecule has 0 spiro atoms. The molecule has 2 aromatic heterocycles. The quantitative estimate of drug-likeness (QED) is 0.630. The third-order valence-corrected chi connectivity index (χ3v) is 5.41. The summed E-state index contributed by atoms with van der Waals surface area (Å²) in [5, 5.41) is 6.76. The fourth-order valence-corrected chi connectivity index (χ4v) is 4.06. The molecule has 4 rings (SSSR count). The molecule has 3 N–H and O–H groups in total. The van der Waals surface area contributed by atoms with Crippen molar-refractivity contribution in [1.29, 1.82) is 0 Å². The molecule has 1 atom stereocenters. The normalized spacial score (nSPS) is 17.8. The van der Waals surface area contributed by atoms with Gasteiger partial charge in [-0.3, -0.25) is 9.59 Å². The molecule has 0 bridgehead atoms. The van der Waals surface area contributed by atoms with E-state index in [0.717, 1.165) is 12.1 Å². The lowest BCUT2D eigenvalue weighted by Crippen LogP contribution is -2.32. The molecule has 1 aliphatic heterocycles. The largest absolute Gasteiger partial charge is 0.365 e. The van der Waals surface area contributed by atoms with Crippen LogP contribution in [0.25, 0.3) is 5.52 Å². The molecule has 7 nitrogen and oxygen atoms in total. The van der Waals surface area contributed by atoms with Crippen molar-refractivity contribution in [2.45, 2.75) is 38.3 Å². The number of nitrogens with one attached hydrogen (secondary N) is 1. The van der Waals surface area contributed by atoms with Crippen LogP contribution < -0.4 is 16.0 Å². The molecule has 32 heavy (non-hydrogen) atoms. The summed E-state index contributed by atoms with van der Waals surface area (Å²) in [6.45, 7) is 2.91. The number of fused-ring (bicyclic) bond motifs is 1. The van der Waals surface area contributed by atoms with E-state index in [2.05, 4.69) is 10.4 Å². The number of primary amides is 1. The van der Waals surface area contributed by atoms with Crippen molar-refractivity contribution in [2.24, 2.45) is 5.73 Å². The maximum Gasteiger partial charge on any atom is 0.267 e. The van der Waals surface area contributed by atoms with Gasteiger partial charge in [-0.2, -0.15) is 5.10 Å². The number of aromatic nitrogens is 2. The van der Waals surface area contributed by atoms with E-state index in [-0.39, 0.29) is 22.7 Å². The third kappa shape index (κ3) is 4.00. The van der Waals surface area contributed by atoms with Gasteiger partial charge < -0.3 is 16.0 Å². The van der Waals surface area contributed by atoms with Crippen LogP contribution in [0.3, 0.4) is 0 Å². The summed E-state index contributed by atoms with van der Waals surface area (Å²) >= 11 is 0. The highest BCUT2D eigenvalue weighted by molar-refractivity contribution is 6.00. The van der Waals surface area contributed by atoms with Crippen molar-refractivity contribution in [1.82, 2.24) is 14.9 Å². The van der Waals surface area contributed by atoms with Gasteiger partial charge in [-0.1, -0.05) is 0 Å². The summed E-state index contributed by atoms with van der Waals surface area (Å²) in [4.78, 5) is 25.8. The van der Waals surface area contributed by atoms with Gasteiger partial charge in [-0.25, -0.2) is 17.7 Å². The van der Waals surface area contributed by atoms with Gasteiger partial charge in [0.05, 0.1) is 29.9 Å². The van der Waals surface area contributed by atoms with Crippen molar-refractivity contribution in [3.63, 3.8) is 0 Å². The lowest BCUT2D eigenvalue weighted by Gasteiger charge is -2.28. The molecule has 168 valence electrons. The predicted octanol–water partition coefficient (Wildman–Crippen LogP) is 3.30. The molecule has 1 unspecified atom stereocenters. The first-order valence-electron chi connectivity index (χ1n) is 10.1. The van der Waals surface area contributed by atoms with Crippen molar-refractivity contribution < 1.29 is 22.8 Å². The molecule has 1 aromatic carbocycles. The van der Waals surface area contributed by atoms with Gasteiger partial charge in [0.1, 0.15) is 5.82 Å². The first-order chi connectivity index (χ1) is 15.1. The Morgan fingerprint density at radius 2 is 1.97 bits per heavy atom. The molecule has 1 aliphatic rings. The third-order valence-electron chi connectivity index (χ3n) is 5.41. The highest BCUT2D eigenvalue weighted by Crippen LogP contribution is 2.45. The number of benzene rings is 1. The molecule has 0 saturated carbocycles. The average molecular weight is 445 g/mol. The van der Waals surface area contributed by atoms with Crippen LogP contribution in [-0.2, 0) is 0 Å². The Kier molecular flexibility index (Phi) is 5.31. The van der Waals surface area contributed by atoms with E-state index < -0.39 is 42.6 Å². The molecule has 1 saturated heterocycles. The van der Waals surface area contributed by atoms with E-state index in [1.54, 1.807) is 19.9 Å².